The van der Waals surface area contributed by atoms with Crippen LogP contribution in [0.4, 0.5) is 13.2 Å². The van der Waals surface area contributed by atoms with E-state index in [9.17, 15) is 0 Å². The molecule has 4 aliphatic carbocycles. The van der Waals surface area contributed by atoms with Crippen LogP contribution in [0.3, 0.4) is 0 Å². The van der Waals surface area contributed by atoms with Gasteiger partial charge in [0.1, 0.15) is 0 Å². The minimum absolute atomic E-state index is 0.0113. The number of hydrogen-bond donors (Lipinski definition) is 0. The van der Waals surface area contributed by atoms with Crippen LogP contribution in [0.15, 0.2) is 18.2 Å². The fourth-order valence-electron chi connectivity index (χ4n) is 8.27. The molecule has 3 saturated carbocycles. The molecular weight excluding hydrogens is 521 g/mol. The van der Waals surface area contributed by atoms with E-state index in [1.165, 1.54) is 77.0 Å². The maximum atomic E-state index is 15.5. The van der Waals surface area contributed by atoms with Gasteiger partial charge in [-0.1, -0.05) is 71.1 Å². The van der Waals surface area contributed by atoms with Gasteiger partial charge in [-0.15, -0.1) is 0 Å². The lowest BCUT2D eigenvalue weighted by molar-refractivity contribution is 0.133. The van der Waals surface area contributed by atoms with Crippen molar-refractivity contribution in [2.75, 3.05) is 13.2 Å². The molecular formula is C36H47F3O2. The Hall–Kier alpha value is -2.17. The van der Waals surface area contributed by atoms with Gasteiger partial charge < -0.3 is 9.47 Å². The second-order valence-electron chi connectivity index (χ2n) is 13.6. The minimum atomic E-state index is -1.02. The van der Waals surface area contributed by atoms with Crippen molar-refractivity contribution in [1.29, 1.82) is 0 Å². The zero-order chi connectivity index (χ0) is 28.3. The second kappa shape index (κ2) is 13.0. The lowest BCUT2D eigenvalue weighted by atomic mass is 9.71. The maximum Gasteiger partial charge on any atom is 0.201 e. The van der Waals surface area contributed by atoms with Gasteiger partial charge in [-0.05, 0) is 97.4 Å². The third-order valence-electron chi connectivity index (χ3n) is 10.9. The Balaban J connectivity index is 1.04. The molecule has 2 nitrogen and oxygen atoms in total. The van der Waals surface area contributed by atoms with E-state index < -0.39 is 17.5 Å². The molecule has 5 heteroatoms. The summed E-state index contributed by atoms with van der Waals surface area (Å²) in [7, 11) is 0. The molecule has 0 aromatic heterocycles. The Bertz CT molecular complexity index is 1190. The first-order valence-electron chi connectivity index (χ1n) is 16.6. The van der Waals surface area contributed by atoms with Gasteiger partial charge in [-0.2, -0.15) is 4.39 Å². The van der Waals surface area contributed by atoms with Crippen molar-refractivity contribution in [3.05, 3.63) is 35.7 Å². The molecule has 0 radical (unpaired) electrons. The summed E-state index contributed by atoms with van der Waals surface area (Å²) < 4.78 is 57.6. The molecule has 0 N–H and O–H groups in total. The van der Waals surface area contributed by atoms with E-state index in [1.54, 1.807) is 18.2 Å². The smallest absolute Gasteiger partial charge is 0.201 e. The number of benzene rings is 2. The molecule has 0 heterocycles. The van der Waals surface area contributed by atoms with Crippen LogP contribution in [0.25, 0.3) is 22.3 Å². The lowest BCUT2D eigenvalue weighted by Crippen LogP contribution is -2.26. The predicted molar refractivity (Wildman–Crippen MR) is 159 cm³/mol. The number of halogens is 3. The summed E-state index contributed by atoms with van der Waals surface area (Å²) in [6.45, 7) is 3.10. The largest absolute Gasteiger partial charge is 0.490 e. The molecule has 0 amide bonds. The van der Waals surface area contributed by atoms with E-state index in [-0.39, 0.29) is 22.6 Å². The average Bonchev–Trinajstić information content (AvgIpc) is 3.00. The zero-order valence-corrected chi connectivity index (χ0v) is 24.8. The normalized spacial score (nSPS) is 26.1. The fourth-order valence-corrected chi connectivity index (χ4v) is 8.27. The van der Waals surface area contributed by atoms with Crippen LogP contribution in [0.1, 0.15) is 110 Å². The van der Waals surface area contributed by atoms with Gasteiger partial charge in [0.15, 0.2) is 23.1 Å². The highest BCUT2D eigenvalue weighted by Crippen LogP contribution is 2.54. The topological polar surface area (TPSA) is 18.5 Å². The van der Waals surface area contributed by atoms with Crippen molar-refractivity contribution in [2.45, 2.75) is 110 Å². The van der Waals surface area contributed by atoms with Crippen molar-refractivity contribution >= 4 is 0 Å². The van der Waals surface area contributed by atoms with E-state index in [4.69, 9.17) is 9.47 Å². The van der Waals surface area contributed by atoms with E-state index in [1.807, 2.05) is 0 Å². The molecule has 0 spiro atoms. The molecule has 0 atom stereocenters. The monoisotopic (exact) mass is 568 g/mol. The van der Waals surface area contributed by atoms with Crippen LogP contribution in [0.5, 0.6) is 11.5 Å². The van der Waals surface area contributed by atoms with E-state index >= 15 is 13.2 Å². The fraction of sp³-hybridized carbons (Fsp3) is 0.667. The van der Waals surface area contributed by atoms with E-state index in [2.05, 4.69) is 6.92 Å². The molecule has 0 aliphatic heterocycles. The molecule has 3 fully saturated rings. The number of ether oxygens (including phenoxy) is 2. The van der Waals surface area contributed by atoms with Crippen molar-refractivity contribution in [3.8, 4) is 33.8 Å². The van der Waals surface area contributed by atoms with Gasteiger partial charge in [0.05, 0.1) is 13.2 Å². The molecule has 2 aromatic carbocycles. The third-order valence-corrected chi connectivity index (χ3v) is 10.9. The molecule has 0 unspecified atom stereocenters. The van der Waals surface area contributed by atoms with Crippen molar-refractivity contribution in [1.82, 2.24) is 0 Å². The predicted octanol–water partition coefficient (Wildman–Crippen LogP) is 10.9. The van der Waals surface area contributed by atoms with Gasteiger partial charge in [0, 0.05) is 11.1 Å². The first-order valence-corrected chi connectivity index (χ1v) is 16.6. The van der Waals surface area contributed by atoms with Crippen LogP contribution < -0.4 is 9.47 Å². The summed E-state index contributed by atoms with van der Waals surface area (Å²) in [5.74, 6) is 0.750. The van der Waals surface area contributed by atoms with Gasteiger partial charge in [0.2, 0.25) is 5.82 Å². The van der Waals surface area contributed by atoms with Crippen molar-refractivity contribution in [3.63, 3.8) is 0 Å². The molecule has 224 valence electrons. The summed E-state index contributed by atoms with van der Waals surface area (Å²) in [5.41, 5.74) is 1.26. The van der Waals surface area contributed by atoms with Gasteiger partial charge in [0.25, 0.3) is 0 Å². The minimum Gasteiger partial charge on any atom is -0.490 e. The Morgan fingerprint density at radius 2 is 1.20 bits per heavy atom. The summed E-state index contributed by atoms with van der Waals surface area (Å²) in [6, 6.07) is 4.96. The summed E-state index contributed by atoms with van der Waals surface area (Å²) in [6.07, 6.45) is 20.0. The van der Waals surface area contributed by atoms with Gasteiger partial charge in [-0.3, -0.25) is 0 Å². The van der Waals surface area contributed by atoms with E-state index in [0.29, 0.717) is 36.2 Å². The molecule has 41 heavy (non-hydrogen) atoms. The van der Waals surface area contributed by atoms with Crippen LogP contribution in [-0.4, -0.2) is 13.2 Å². The summed E-state index contributed by atoms with van der Waals surface area (Å²) >= 11 is 0. The Morgan fingerprint density at radius 1 is 0.610 bits per heavy atom. The molecule has 4 aliphatic rings. The number of fused-ring (bicyclic) bond motifs is 4. The van der Waals surface area contributed by atoms with Crippen LogP contribution in [0, 0.1) is 47.0 Å². The number of rotatable bonds is 10. The highest BCUT2D eigenvalue weighted by atomic mass is 19.2. The zero-order valence-electron chi connectivity index (χ0n) is 24.8. The highest BCUT2D eigenvalue weighted by Gasteiger charge is 2.35. The molecule has 0 bridgehead atoms. The van der Waals surface area contributed by atoms with Crippen LogP contribution >= 0.6 is 0 Å². The Morgan fingerprint density at radius 3 is 1.88 bits per heavy atom. The maximum absolute atomic E-state index is 15.5. The number of hydrogen-bond acceptors (Lipinski definition) is 2. The summed E-state index contributed by atoms with van der Waals surface area (Å²) in [5, 5.41) is 0. The van der Waals surface area contributed by atoms with Gasteiger partial charge >= 0.3 is 0 Å². The first kappa shape index (κ1) is 28.9. The summed E-state index contributed by atoms with van der Waals surface area (Å²) in [4.78, 5) is 0. The van der Waals surface area contributed by atoms with Crippen molar-refractivity contribution < 1.29 is 22.6 Å². The highest BCUT2D eigenvalue weighted by molar-refractivity contribution is 6.04. The average molecular weight is 569 g/mol. The number of unbranched alkanes of at least 4 members (excludes halogenated alkanes) is 1. The lowest BCUT2D eigenvalue weighted by Gasteiger charge is -2.35. The van der Waals surface area contributed by atoms with Crippen LogP contribution in [0.2, 0.25) is 0 Å². The molecule has 6 rings (SSSR count). The van der Waals surface area contributed by atoms with Crippen molar-refractivity contribution in [2.24, 2.45) is 29.6 Å². The van der Waals surface area contributed by atoms with Gasteiger partial charge in [-0.25, -0.2) is 8.78 Å². The quantitative estimate of drug-likeness (QED) is 0.242. The molecule has 2 aromatic rings. The Labute approximate surface area is 244 Å². The second-order valence-corrected chi connectivity index (χ2v) is 13.6. The SMILES string of the molecule is CCCCC1CCC(COc2ccc3c(c2F)-c2c-3cc(OCC3CCC(C4CCCCC4)CC3)c(F)c2F)CC1. The van der Waals surface area contributed by atoms with Crippen LogP contribution in [-0.2, 0) is 0 Å². The third kappa shape index (κ3) is 6.15. The Kier molecular flexibility index (Phi) is 9.17. The first-order chi connectivity index (χ1) is 20.0. The molecule has 0 saturated heterocycles. The van der Waals surface area contributed by atoms with E-state index in [0.717, 1.165) is 43.4 Å². The standard InChI is InChI=1S/C36H47F3O2/c1-2-3-7-23-10-12-24(13-11-23)21-40-30-19-18-28-29-20-31(35(38)36(39)33(29)32(28)34(30)37)41-22-25-14-16-27(17-15-25)26-8-5-4-6-9-26/h18-20,23-27H,2-17,21-22H2,1H3.